The summed E-state index contributed by atoms with van der Waals surface area (Å²) in [6.07, 6.45) is 3.28. The smallest absolute Gasteiger partial charge is 0.226 e. The molecular formula is C17H11NO. The summed E-state index contributed by atoms with van der Waals surface area (Å²) in [5, 5.41) is 4.91. The summed E-state index contributed by atoms with van der Waals surface area (Å²) in [6.45, 7) is 0. The molecule has 0 aliphatic heterocycles. The van der Waals surface area contributed by atoms with Gasteiger partial charge in [0.1, 0.15) is 6.26 Å². The van der Waals surface area contributed by atoms with E-state index in [0.29, 0.717) is 5.89 Å². The van der Waals surface area contributed by atoms with Crippen LogP contribution in [0.4, 0.5) is 0 Å². The highest BCUT2D eigenvalue weighted by Crippen LogP contribution is 2.32. The van der Waals surface area contributed by atoms with Crippen LogP contribution in [0.15, 0.2) is 71.5 Å². The molecule has 0 aliphatic carbocycles. The molecule has 0 N–H and O–H groups in total. The van der Waals surface area contributed by atoms with Gasteiger partial charge in [0.25, 0.3) is 0 Å². The first kappa shape index (κ1) is 10.3. The van der Waals surface area contributed by atoms with Crippen molar-refractivity contribution in [2.75, 3.05) is 0 Å². The third-order valence-electron chi connectivity index (χ3n) is 3.45. The van der Waals surface area contributed by atoms with Crippen molar-refractivity contribution in [1.29, 1.82) is 0 Å². The number of hydrogen-bond donors (Lipinski definition) is 0. The van der Waals surface area contributed by atoms with Crippen molar-refractivity contribution in [3.63, 3.8) is 0 Å². The lowest BCUT2D eigenvalue weighted by molar-refractivity contribution is 0.575. The van der Waals surface area contributed by atoms with Crippen molar-refractivity contribution < 1.29 is 4.42 Å². The number of rotatable bonds is 1. The Morgan fingerprint density at radius 2 is 1.63 bits per heavy atom. The molecule has 19 heavy (non-hydrogen) atoms. The molecular weight excluding hydrogens is 234 g/mol. The number of oxazole rings is 1. The van der Waals surface area contributed by atoms with Gasteiger partial charge in [0.2, 0.25) is 5.89 Å². The zero-order valence-electron chi connectivity index (χ0n) is 10.2. The van der Waals surface area contributed by atoms with Gasteiger partial charge in [-0.3, -0.25) is 0 Å². The molecule has 0 bridgehead atoms. The molecule has 0 fully saturated rings. The molecule has 2 nitrogen and oxygen atoms in total. The van der Waals surface area contributed by atoms with Crippen molar-refractivity contribution in [2.24, 2.45) is 0 Å². The maximum Gasteiger partial charge on any atom is 0.226 e. The minimum Gasteiger partial charge on any atom is -0.445 e. The van der Waals surface area contributed by atoms with Gasteiger partial charge in [-0.2, -0.15) is 0 Å². The molecule has 0 atom stereocenters. The lowest BCUT2D eigenvalue weighted by Gasteiger charge is -2.06. The van der Waals surface area contributed by atoms with Crippen molar-refractivity contribution >= 4 is 21.5 Å². The molecule has 4 aromatic rings. The Hall–Kier alpha value is -2.61. The Labute approximate surface area is 110 Å². The van der Waals surface area contributed by atoms with Gasteiger partial charge in [0.05, 0.1) is 6.20 Å². The molecule has 0 unspecified atom stereocenters. The number of benzene rings is 3. The van der Waals surface area contributed by atoms with Gasteiger partial charge in [0, 0.05) is 5.56 Å². The van der Waals surface area contributed by atoms with Gasteiger partial charge in [-0.15, -0.1) is 0 Å². The van der Waals surface area contributed by atoms with E-state index in [-0.39, 0.29) is 0 Å². The first-order valence-corrected chi connectivity index (χ1v) is 6.24. The highest BCUT2D eigenvalue weighted by molar-refractivity contribution is 6.11. The second-order valence-corrected chi connectivity index (χ2v) is 4.52. The second kappa shape index (κ2) is 3.95. The van der Waals surface area contributed by atoms with E-state index < -0.39 is 0 Å². The van der Waals surface area contributed by atoms with Gasteiger partial charge in [-0.25, -0.2) is 4.98 Å². The molecule has 4 rings (SSSR count). The van der Waals surface area contributed by atoms with E-state index in [1.54, 1.807) is 12.5 Å². The van der Waals surface area contributed by atoms with Crippen LogP contribution in [0.25, 0.3) is 33.0 Å². The molecule has 1 aromatic heterocycles. The molecule has 2 heteroatoms. The molecule has 0 saturated heterocycles. The van der Waals surface area contributed by atoms with Gasteiger partial charge in [0.15, 0.2) is 0 Å². The Morgan fingerprint density at radius 3 is 2.53 bits per heavy atom. The summed E-state index contributed by atoms with van der Waals surface area (Å²) < 4.78 is 5.43. The summed E-state index contributed by atoms with van der Waals surface area (Å²) in [4.78, 5) is 4.25. The Morgan fingerprint density at radius 1 is 0.737 bits per heavy atom. The maximum absolute atomic E-state index is 5.43. The third-order valence-corrected chi connectivity index (χ3v) is 3.45. The zero-order chi connectivity index (χ0) is 12.7. The number of hydrogen-bond acceptors (Lipinski definition) is 2. The van der Waals surface area contributed by atoms with Gasteiger partial charge >= 0.3 is 0 Å². The van der Waals surface area contributed by atoms with Crippen LogP contribution in [0, 0.1) is 0 Å². The third kappa shape index (κ3) is 1.54. The van der Waals surface area contributed by atoms with E-state index in [9.17, 15) is 0 Å². The van der Waals surface area contributed by atoms with Gasteiger partial charge in [-0.1, -0.05) is 48.5 Å². The molecule has 1 heterocycles. The van der Waals surface area contributed by atoms with Crippen LogP contribution in [0.2, 0.25) is 0 Å². The van der Waals surface area contributed by atoms with E-state index in [0.717, 1.165) is 5.56 Å². The predicted molar refractivity (Wildman–Crippen MR) is 77.0 cm³/mol. The quantitative estimate of drug-likeness (QED) is 0.456. The van der Waals surface area contributed by atoms with E-state index in [1.807, 2.05) is 12.1 Å². The van der Waals surface area contributed by atoms with Crippen LogP contribution >= 0.6 is 0 Å². The van der Waals surface area contributed by atoms with E-state index in [4.69, 9.17) is 4.42 Å². The van der Waals surface area contributed by atoms with E-state index >= 15 is 0 Å². The molecule has 0 radical (unpaired) electrons. The molecule has 0 aliphatic rings. The van der Waals surface area contributed by atoms with Gasteiger partial charge in [-0.05, 0) is 27.6 Å². The molecule has 3 aromatic carbocycles. The number of fused-ring (bicyclic) bond motifs is 3. The number of aromatic nitrogens is 1. The average molecular weight is 245 g/mol. The van der Waals surface area contributed by atoms with Crippen molar-refractivity contribution in [3.05, 3.63) is 67.1 Å². The highest BCUT2D eigenvalue weighted by Gasteiger charge is 2.08. The van der Waals surface area contributed by atoms with Crippen molar-refractivity contribution in [1.82, 2.24) is 4.98 Å². The fourth-order valence-electron chi connectivity index (χ4n) is 2.58. The summed E-state index contributed by atoms with van der Waals surface area (Å²) in [5.74, 6) is 0.667. The first-order chi connectivity index (χ1) is 9.43. The van der Waals surface area contributed by atoms with Crippen molar-refractivity contribution in [2.45, 2.75) is 0 Å². The van der Waals surface area contributed by atoms with Crippen LogP contribution in [-0.2, 0) is 0 Å². The zero-order valence-corrected chi connectivity index (χ0v) is 10.2. The Bertz CT molecular complexity index is 863. The maximum atomic E-state index is 5.43. The summed E-state index contributed by atoms with van der Waals surface area (Å²) >= 11 is 0. The van der Waals surface area contributed by atoms with E-state index in [2.05, 4.69) is 47.4 Å². The van der Waals surface area contributed by atoms with Crippen LogP contribution in [0.1, 0.15) is 0 Å². The predicted octanol–water partition coefficient (Wildman–Crippen LogP) is 4.65. The fourth-order valence-corrected chi connectivity index (χ4v) is 2.58. The topological polar surface area (TPSA) is 26.0 Å². The molecule has 0 amide bonds. The summed E-state index contributed by atoms with van der Waals surface area (Å²) in [5.41, 5.74) is 1.04. The van der Waals surface area contributed by atoms with Crippen LogP contribution in [0.5, 0.6) is 0 Å². The normalized spacial score (nSPS) is 11.2. The first-order valence-electron chi connectivity index (χ1n) is 6.24. The van der Waals surface area contributed by atoms with E-state index in [1.165, 1.54) is 21.5 Å². The lowest BCUT2D eigenvalue weighted by atomic mass is 9.98. The lowest BCUT2D eigenvalue weighted by Crippen LogP contribution is -1.82. The van der Waals surface area contributed by atoms with Crippen LogP contribution < -0.4 is 0 Å². The minimum atomic E-state index is 0.667. The van der Waals surface area contributed by atoms with Crippen LogP contribution in [0.3, 0.4) is 0 Å². The number of nitrogens with zero attached hydrogens (tertiary/aromatic N) is 1. The minimum absolute atomic E-state index is 0.667. The SMILES string of the molecule is c1ccc2c(c1)ccc1c(-c3ncco3)cccc12. The standard InChI is InChI=1S/C17H11NO/c1-2-5-13-12(4-1)8-9-15-14(13)6-3-7-16(15)17-18-10-11-19-17/h1-11H. The Kier molecular flexibility index (Phi) is 2.15. The average Bonchev–Trinajstić information content (AvgIpc) is 3.00. The largest absolute Gasteiger partial charge is 0.445 e. The fraction of sp³-hybridized carbons (Fsp3) is 0. The van der Waals surface area contributed by atoms with Crippen molar-refractivity contribution in [3.8, 4) is 11.5 Å². The summed E-state index contributed by atoms with van der Waals surface area (Å²) in [6, 6.07) is 18.9. The Balaban J connectivity index is 2.15. The monoisotopic (exact) mass is 245 g/mol. The van der Waals surface area contributed by atoms with Gasteiger partial charge < -0.3 is 4.42 Å². The summed E-state index contributed by atoms with van der Waals surface area (Å²) in [7, 11) is 0. The molecule has 0 saturated carbocycles. The molecule has 90 valence electrons. The highest BCUT2D eigenvalue weighted by atomic mass is 16.3. The second-order valence-electron chi connectivity index (χ2n) is 4.52. The molecule has 0 spiro atoms. The van der Waals surface area contributed by atoms with Crippen LogP contribution in [-0.4, -0.2) is 4.98 Å².